The average molecular weight is 401 g/mol. The van der Waals surface area contributed by atoms with E-state index in [1.807, 2.05) is 42.5 Å². The molecule has 2 atom stereocenters. The Morgan fingerprint density at radius 3 is 2.38 bits per heavy atom. The number of para-hydroxylation sites is 1. The SMILES string of the molecule is COc1cccc(-c2ccccc2OCC(C)C(CC(=O)O)(C(=O)O)N(C)C)c1. The van der Waals surface area contributed by atoms with Crippen molar-refractivity contribution in [3.8, 4) is 22.6 Å². The predicted molar refractivity (Wildman–Crippen MR) is 109 cm³/mol. The van der Waals surface area contributed by atoms with Crippen LogP contribution in [0.1, 0.15) is 13.3 Å². The van der Waals surface area contributed by atoms with Crippen LogP contribution in [0.4, 0.5) is 0 Å². The number of carboxylic acids is 2. The molecule has 29 heavy (non-hydrogen) atoms. The number of likely N-dealkylation sites (N-methyl/N-ethyl adjacent to an activating group) is 1. The first-order valence-electron chi connectivity index (χ1n) is 9.21. The summed E-state index contributed by atoms with van der Waals surface area (Å²) in [6, 6.07) is 15.0. The smallest absolute Gasteiger partial charge is 0.325 e. The summed E-state index contributed by atoms with van der Waals surface area (Å²) < 4.78 is 11.3. The maximum atomic E-state index is 12.0. The van der Waals surface area contributed by atoms with Gasteiger partial charge in [0.2, 0.25) is 0 Å². The molecular formula is C22H27NO6. The van der Waals surface area contributed by atoms with Crippen LogP contribution in [-0.2, 0) is 9.59 Å². The molecule has 0 spiro atoms. The van der Waals surface area contributed by atoms with E-state index in [2.05, 4.69) is 0 Å². The number of hydrogen-bond donors (Lipinski definition) is 2. The fourth-order valence-electron chi connectivity index (χ4n) is 3.46. The molecule has 0 bridgehead atoms. The first kappa shape index (κ1) is 22.2. The molecule has 7 heteroatoms. The minimum Gasteiger partial charge on any atom is -0.497 e. The molecule has 0 aromatic heterocycles. The van der Waals surface area contributed by atoms with Crippen molar-refractivity contribution in [3.63, 3.8) is 0 Å². The Hall–Kier alpha value is -3.06. The number of aliphatic carboxylic acids is 2. The summed E-state index contributed by atoms with van der Waals surface area (Å²) >= 11 is 0. The van der Waals surface area contributed by atoms with Crippen molar-refractivity contribution in [1.82, 2.24) is 4.90 Å². The van der Waals surface area contributed by atoms with Gasteiger partial charge in [-0.15, -0.1) is 0 Å². The molecule has 0 saturated heterocycles. The Morgan fingerprint density at radius 1 is 1.10 bits per heavy atom. The molecule has 0 fully saturated rings. The maximum absolute atomic E-state index is 12.0. The molecule has 0 aliphatic heterocycles. The van der Waals surface area contributed by atoms with Gasteiger partial charge in [0, 0.05) is 11.5 Å². The van der Waals surface area contributed by atoms with E-state index in [4.69, 9.17) is 9.47 Å². The van der Waals surface area contributed by atoms with Gasteiger partial charge >= 0.3 is 11.9 Å². The molecule has 2 aromatic carbocycles. The van der Waals surface area contributed by atoms with Crippen LogP contribution in [0.5, 0.6) is 11.5 Å². The van der Waals surface area contributed by atoms with Crippen LogP contribution in [-0.4, -0.2) is 60.4 Å². The van der Waals surface area contributed by atoms with Gasteiger partial charge in [-0.1, -0.05) is 37.3 Å². The Labute approximate surface area is 170 Å². The van der Waals surface area contributed by atoms with Gasteiger partial charge in [0.15, 0.2) is 0 Å². The van der Waals surface area contributed by atoms with E-state index in [0.717, 1.165) is 11.1 Å². The molecule has 0 radical (unpaired) electrons. The lowest BCUT2D eigenvalue weighted by Gasteiger charge is -2.39. The van der Waals surface area contributed by atoms with Gasteiger partial charge in [-0.05, 0) is 37.9 Å². The van der Waals surface area contributed by atoms with Gasteiger partial charge in [0.25, 0.3) is 0 Å². The van der Waals surface area contributed by atoms with E-state index < -0.39 is 29.8 Å². The van der Waals surface area contributed by atoms with Gasteiger partial charge < -0.3 is 19.7 Å². The standard InChI is InChI=1S/C22H27NO6/c1-15(22(21(26)27,23(2)3)13-20(24)25)14-29-19-11-6-5-10-18(19)16-8-7-9-17(12-16)28-4/h5-12,15H,13-14H2,1-4H3,(H,24,25)(H,26,27). The van der Waals surface area contributed by atoms with E-state index in [-0.39, 0.29) is 6.61 Å². The molecule has 2 N–H and O–H groups in total. The number of carboxylic acid groups (broad SMARTS) is 2. The summed E-state index contributed by atoms with van der Waals surface area (Å²) in [7, 11) is 4.73. The number of ether oxygens (including phenoxy) is 2. The zero-order valence-corrected chi connectivity index (χ0v) is 17.1. The van der Waals surface area contributed by atoms with E-state index in [1.54, 1.807) is 34.2 Å². The van der Waals surface area contributed by atoms with Crippen LogP contribution in [0.15, 0.2) is 48.5 Å². The third-order valence-corrected chi connectivity index (χ3v) is 5.16. The zero-order chi connectivity index (χ0) is 21.6. The summed E-state index contributed by atoms with van der Waals surface area (Å²) in [6.45, 7) is 1.73. The van der Waals surface area contributed by atoms with E-state index >= 15 is 0 Å². The van der Waals surface area contributed by atoms with Crippen molar-refractivity contribution in [3.05, 3.63) is 48.5 Å². The summed E-state index contributed by atoms with van der Waals surface area (Å²) in [4.78, 5) is 24.8. The van der Waals surface area contributed by atoms with Gasteiger partial charge in [0.05, 0.1) is 20.1 Å². The largest absolute Gasteiger partial charge is 0.497 e. The fraction of sp³-hybridized carbons (Fsp3) is 0.364. The number of nitrogens with zero attached hydrogens (tertiary/aromatic N) is 1. The molecule has 2 rings (SSSR count). The highest BCUT2D eigenvalue weighted by Crippen LogP contribution is 2.34. The minimum atomic E-state index is -1.59. The van der Waals surface area contributed by atoms with Crippen molar-refractivity contribution in [2.24, 2.45) is 5.92 Å². The van der Waals surface area contributed by atoms with Gasteiger partial charge in [-0.2, -0.15) is 0 Å². The highest BCUT2D eigenvalue weighted by Gasteiger charge is 2.48. The highest BCUT2D eigenvalue weighted by atomic mass is 16.5. The predicted octanol–water partition coefficient (Wildman–Crippen LogP) is 3.24. The second-order valence-corrected chi connectivity index (χ2v) is 7.13. The zero-order valence-electron chi connectivity index (χ0n) is 17.1. The fourth-order valence-corrected chi connectivity index (χ4v) is 3.46. The Kier molecular flexibility index (Phi) is 7.23. The molecular weight excluding hydrogens is 374 g/mol. The molecule has 0 amide bonds. The number of rotatable bonds is 10. The molecule has 2 aromatic rings. The quantitative estimate of drug-likeness (QED) is 0.631. The number of benzene rings is 2. The van der Waals surface area contributed by atoms with E-state index in [9.17, 15) is 19.8 Å². The Morgan fingerprint density at radius 2 is 1.79 bits per heavy atom. The number of methoxy groups -OCH3 is 1. The van der Waals surface area contributed by atoms with Gasteiger partial charge in [0.1, 0.15) is 17.0 Å². The van der Waals surface area contributed by atoms with Crippen LogP contribution in [0.2, 0.25) is 0 Å². The number of carbonyl (C=O) groups is 2. The Balaban J connectivity index is 2.31. The molecule has 156 valence electrons. The lowest BCUT2D eigenvalue weighted by atomic mass is 9.81. The highest BCUT2D eigenvalue weighted by molar-refractivity contribution is 5.85. The van der Waals surface area contributed by atoms with Crippen molar-refractivity contribution >= 4 is 11.9 Å². The summed E-state index contributed by atoms with van der Waals surface area (Å²) in [6.07, 6.45) is -0.530. The monoisotopic (exact) mass is 401 g/mol. The van der Waals surface area contributed by atoms with Crippen LogP contribution in [0.25, 0.3) is 11.1 Å². The first-order valence-corrected chi connectivity index (χ1v) is 9.21. The van der Waals surface area contributed by atoms with Crippen LogP contribution in [0.3, 0.4) is 0 Å². The van der Waals surface area contributed by atoms with Crippen LogP contribution in [0, 0.1) is 5.92 Å². The lowest BCUT2D eigenvalue weighted by molar-refractivity contribution is -0.161. The normalized spacial score (nSPS) is 14.1. The van der Waals surface area contributed by atoms with E-state index in [0.29, 0.717) is 11.5 Å². The van der Waals surface area contributed by atoms with Gasteiger partial charge in [-0.3, -0.25) is 14.5 Å². The molecule has 7 nitrogen and oxygen atoms in total. The average Bonchev–Trinajstić information content (AvgIpc) is 2.69. The van der Waals surface area contributed by atoms with Crippen LogP contribution < -0.4 is 9.47 Å². The van der Waals surface area contributed by atoms with Crippen molar-refractivity contribution < 1.29 is 29.3 Å². The third kappa shape index (κ3) is 4.86. The summed E-state index contributed by atoms with van der Waals surface area (Å²) in [5.74, 6) is -1.66. The number of hydrogen-bond acceptors (Lipinski definition) is 5. The summed E-state index contributed by atoms with van der Waals surface area (Å²) in [5, 5.41) is 19.1. The molecule has 2 unspecified atom stereocenters. The second kappa shape index (κ2) is 9.43. The van der Waals surface area contributed by atoms with Crippen molar-refractivity contribution in [2.75, 3.05) is 27.8 Å². The summed E-state index contributed by atoms with van der Waals surface area (Å²) in [5.41, 5.74) is 0.148. The van der Waals surface area contributed by atoms with Crippen LogP contribution >= 0.6 is 0 Å². The molecule has 0 aliphatic rings. The third-order valence-electron chi connectivity index (χ3n) is 5.16. The molecule has 0 aliphatic carbocycles. The van der Waals surface area contributed by atoms with Crippen molar-refractivity contribution in [1.29, 1.82) is 0 Å². The lowest BCUT2D eigenvalue weighted by Crippen LogP contribution is -2.58. The Bertz CT molecular complexity index is 866. The molecule has 0 heterocycles. The first-order chi connectivity index (χ1) is 13.7. The second-order valence-electron chi connectivity index (χ2n) is 7.13. The van der Waals surface area contributed by atoms with Gasteiger partial charge in [-0.25, -0.2) is 0 Å². The maximum Gasteiger partial charge on any atom is 0.325 e. The minimum absolute atomic E-state index is 0.0404. The topological polar surface area (TPSA) is 96.3 Å². The molecule has 0 saturated carbocycles. The van der Waals surface area contributed by atoms with Crippen molar-refractivity contribution in [2.45, 2.75) is 18.9 Å². The van der Waals surface area contributed by atoms with E-state index in [1.165, 1.54) is 4.90 Å².